The van der Waals surface area contributed by atoms with Crippen LogP contribution in [0.5, 0.6) is 0 Å². The summed E-state index contributed by atoms with van der Waals surface area (Å²) in [6.45, 7) is 5.38. The second kappa shape index (κ2) is 6.57. The van der Waals surface area contributed by atoms with Gasteiger partial charge in [-0.05, 0) is 44.9 Å². The highest BCUT2D eigenvalue weighted by Crippen LogP contribution is 2.22. The normalized spacial score (nSPS) is 10.9. The summed E-state index contributed by atoms with van der Waals surface area (Å²) in [5.74, 6) is 0. The molecule has 1 amide bonds. The Kier molecular flexibility index (Phi) is 5.36. The Hall–Kier alpha value is -1.55. The van der Waals surface area contributed by atoms with Crippen LogP contribution in [-0.4, -0.2) is 18.0 Å². The molecule has 4 nitrogen and oxygen atoms in total. The van der Waals surface area contributed by atoms with Crippen molar-refractivity contribution < 1.29 is 14.3 Å². The molecule has 0 spiro atoms. The quantitative estimate of drug-likeness (QED) is 0.855. The molecule has 1 aromatic carbocycles. The first-order chi connectivity index (χ1) is 8.81. The Morgan fingerprint density at radius 1 is 1.42 bits per heavy atom. The lowest BCUT2D eigenvalue weighted by Crippen LogP contribution is -2.27. The van der Waals surface area contributed by atoms with Crippen LogP contribution in [0.2, 0.25) is 5.02 Å². The van der Waals surface area contributed by atoms with Gasteiger partial charge in [-0.15, -0.1) is 0 Å². The average Bonchev–Trinajstić information content (AvgIpc) is 2.25. The summed E-state index contributed by atoms with van der Waals surface area (Å²) in [6, 6.07) is 5.17. The van der Waals surface area contributed by atoms with Gasteiger partial charge in [0.1, 0.15) is 11.9 Å². The Morgan fingerprint density at radius 2 is 2.11 bits per heavy atom. The number of hydrogen-bond acceptors (Lipinski definition) is 3. The number of anilines is 1. The summed E-state index contributed by atoms with van der Waals surface area (Å²) in [6.07, 6.45) is 1.35. The largest absolute Gasteiger partial charge is 0.444 e. The summed E-state index contributed by atoms with van der Waals surface area (Å²) >= 11 is 6.07. The maximum absolute atomic E-state index is 11.6. The lowest BCUT2D eigenvalue weighted by Gasteiger charge is -2.19. The van der Waals surface area contributed by atoms with E-state index >= 15 is 0 Å². The summed E-state index contributed by atoms with van der Waals surface area (Å²) < 4.78 is 5.14. The van der Waals surface area contributed by atoms with E-state index in [2.05, 4.69) is 5.32 Å². The van der Waals surface area contributed by atoms with Crippen molar-refractivity contribution in [2.75, 3.05) is 5.32 Å². The molecule has 0 bridgehead atoms. The average molecular weight is 284 g/mol. The fraction of sp³-hybridized carbons (Fsp3) is 0.429. The van der Waals surface area contributed by atoms with Gasteiger partial charge < -0.3 is 9.53 Å². The topological polar surface area (TPSA) is 55.4 Å². The van der Waals surface area contributed by atoms with E-state index in [1.165, 1.54) is 0 Å². The van der Waals surface area contributed by atoms with Gasteiger partial charge in [0.2, 0.25) is 0 Å². The number of rotatable bonds is 4. The standard InChI is InChI=1S/C14H18ClNO3/c1-14(2,3)19-13(18)16-11-7-6-10(5-4-8-17)12(15)9-11/h6-9H,4-5H2,1-3H3,(H,16,18). The number of benzene rings is 1. The zero-order valence-corrected chi connectivity index (χ0v) is 12.1. The van der Waals surface area contributed by atoms with E-state index in [1.807, 2.05) is 0 Å². The van der Waals surface area contributed by atoms with Crippen LogP contribution in [0.25, 0.3) is 0 Å². The molecular formula is C14H18ClNO3. The summed E-state index contributed by atoms with van der Waals surface area (Å²) in [4.78, 5) is 21.9. The van der Waals surface area contributed by atoms with E-state index in [4.69, 9.17) is 16.3 Å². The zero-order valence-electron chi connectivity index (χ0n) is 11.3. The van der Waals surface area contributed by atoms with Gasteiger partial charge in [0.15, 0.2) is 0 Å². The molecule has 0 aliphatic carbocycles. The second-order valence-corrected chi connectivity index (χ2v) is 5.55. The monoisotopic (exact) mass is 283 g/mol. The molecule has 0 aliphatic heterocycles. The number of hydrogen-bond donors (Lipinski definition) is 1. The minimum absolute atomic E-state index is 0.429. The van der Waals surface area contributed by atoms with Crippen LogP contribution in [0.15, 0.2) is 18.2 Å². The van der Waals surface area contributed by atoms with Gasteiger partial charge >= 0.3 is 6.09 Å². The molecule has 0 aromatic heterocycles. The molecule has 1 rings (SSSR count). The number of carbonyl (C=O) groups is 2. The van der Waals surface area contributed by atoms with Crippen LogP contribution < -0.4 is 5.32 Å². The van der Waals surface area contributed by atoms with E-state index < -0.39 is 11.7 Å². The van der Waals surface area contributed by atoms with Crippen LogP contribution in [-0.2, 0) is 16.0 Å². The number of aldehydes is 1. The number of nitrogens with one attached hydrogen (secondary N) is 1. The molecule has 0 unspecified atom stereocenters. The maximum Gasteiger partial charge on any atom is 0.412 e. The third-order valence-electron chi connectivity index (χ3n) is 2.23. The Balaban J connectivity index is 2.68. The summed E-state index contributed by atoms with van der Waals surface area (Å²) in [7, 11) is 0. The molecule has 5 heteroatoms. The number of carbonyl (C=O) groups excluding carboxylic acids is 2. The number of ether oxygens (including phenoxy) is 1. The summed E-state index contributed by atoms with van der Waals surface area (Å²) in [5, 5.41) is 3.13. The van der Waals surface area contributed by atoms with Gasteiger partial charge in [0.05, 0.1) is 0 Å². The molecule has 1 aromatic rings. The number of halogens is 1. The molecule has 0 radical (unpaired) electrons. The van der Waals surface area contributed by atoms with Gasteiger partial charge in [0, 0.05) is 17.1 Å². The van der Waals surface area contributed by atoms with Crippen molar-refractivity contribution >= 4 is 29.7 Å². The molecule has 0 saturated carbocycles. The first-order valence-corrected chi connectivity index (χ1v) is 6.41. The van der Waals surface area contributed by atoms with Crippen molar-refractivity contribution in [2.24, 2.45) is 0 Å². The van der Waals surface area contributed by atoms with Gasteiger partial charge in [-0.2, -0.15) is 0 Å². The number of amides is 1. The molecule has 104 valence electrons. The van der Waals surface area contributed by atoms with Crippen molar-refractivity contribution in [1.29, 1.82) is 0 Å². The van der Waals surface area contributed by atoms with Crippen LogP contribution >= 0.6 is 11.6 Å². The molecule has 0 heterocycles. The molecule has 0 fully saturated rings. The predicted molar refractivity (Wildman–Crippen MR) is 75.7 cm³/mol. The van der Waals surface area contributed by atoms with Crippen LogP contribution in [0.4, 0.5) is 10.5 Å². The fourth-order valence-corrected chi connectivity index (χ4v) is 1.74. The molecule has 0 aliphatic rings. The molecule has 0 atom stereocenters. The van der Waals surface area contributed by atoms with E-state index in [0.29, 0.717) is 23.6 Å². The lowest BCUT2D eigenvalue weighted by molar-refractivity contribution is -0.107. The van der Waals surface area contributed by atoms with Gasteiger partial charge in [-0.1, -0.05) is 17.7 Å². The van der Waals surface area contributed by atoms with Gasteiger partial charge in [-0.25, -0.2) is 4.79 Å². The van der Waals surface area contributed by atoms with Crippen LogP contribution in [0.1, 0.15) is 32.8 Å². The van der Waals surface area contributed by atoms with Gasteiger partial charge in [-0.3, -0.25) is 5.32 Å². The minimum Gasteiger partial charge on any atom is -0.444 e. The fourth-order valence-electron chi connectivity index (χ4n) is 1.46. The molecule has 1 N–H and O–H groups in total. The smallest absolute Gasteiger partial charge is 0.412 e. The Labute approximate surface area is 118 Å². The SMILES string of the molecule is CC(C)(C)OC(=O)Nc1ccc(CCC=O)c(Cl)c1. The van der Waals surface area contributed by atoms with Crippen molar-refractivity contribution in [3.8, 4) is 0 Å². The lowest BCUT2D eigenvalue weighted by atomic mass is 10.1. The highest BCUT2D eigenvalue weighted by molar-refractivity contribution is 6.31. The van der Waals surface area contributed by atoms with Gasteiger partial charge in [0.25, 0.3) is 0 Å². The first kappa shape index (κ1) is 15.5. The van der Waals surface area contributed by atoms with Crippen molar-refractivity contribution in [2.45, 2.75) is 39.2 Å². The van der Waals surface area contributed by atoms with E-state index in [1.54, 1.807) is 39.0 Å². The zero-order chi connectivity index (χ0) is 14.5. The summed E-state index contributed by atoms with van der Waals surface area (Å²) in [5.41, 5.74) is 0.898. The molecule has 19 heavy (non-hydrogen) atoms. The first-order valence-electron chi connectivity index (χ1n) is 6.04. The highest BCUT2D eigenvalue weighted by Gasteiger charge is 2.16. The Bertz CT molecular complexity index is 466. The predicted octanol–water partition coefficient (Wildman–Crippen LogP) is 3.82. The van der Waals surface area contributed by atoms with E-state index in [-0.39, 0.29) is 0 Å². The highest BCUT2D eigenvalue weighted by atomic mass is 35.5. The van der Waals surface area contributed by atoms with Crippen molar-refractivity contribution in [3.05, 3.63) is 28.8 Å². The van der Waals surface area contributed by atoms with Crippen molar-refractivity contribution in [1.82, 2.24) is 0 Å². The van der Waals surface area contributed by atoms with Crippen molar-refractivity contribution in [3.63, 3.8) is 0 Å². The van der Waals surface area contributed by atoms with E-state index in [9.17, 15) is 9.59 Å². The Morgan fingerprint density at radius 3 is 2.63 bits per heavy atom. The third-order valence-corrected chi connectivity index (χ3v) is 2.58. The minimum atomic E-state index is -0.544. The van der Waals surface area contributed by atoms with Crippen LogP contribution in [0, 0.1) is 0 Å². The van der Waals surface area contributed by atoms with Crippen LogP contribution in [0.3, 0.4) is 0 Å². The second-order valence-electron chi connectivity index (χ2n) is 5.14. The molecule has 0 saturated heterocycles. The molecular weight excluding hydrogens is 266 g/mol. The van der Waals surface area contributed by atoms with E-state index in [0.717, 1.165) is 11.8 Å². The third kappa shape index (κ3) is 5.75. The number of aryl methyl sites for hydroxylation is 1. The maximum atomic E-state index is 11.6.